The molecule has 1 N–H and O–H groups in total. The van der Waals surface area contributed by atoms with E-state index in [9.17, 15) is 14.7 Å². The number of rotatable bonds is 6. The monoisotopic (exact) mass is 475 g/mol. The van der Waals surface area contributed by atoms with E-state index in [-0.39, 0.29) is 18.2 Å². The van der Waals surface area contributed by atoms with Gasteiger partial charge in [-0.1, -0.05) is 72.3 Å². The van der Waals surface area contributed by atoms with Crippen LogP contribution in [0.3, 0.4) is 0 Å². The number of hydrogen-bond donors (Lipinski definition) is 1. The van der Waals surface area contributed by atoms with E-state index in [1.807, 2.05) is 78.9 Å². The molecule has 3 aromatic carbocycles. The molecule has 0 unspecified atom stereocenters. The Labute approximate surface area is 204 Å². The van der Waals surface area contributed by atoms with E-state index < -0.39 is 11.9 Å². The van der Waals surface area contributed by atoms with Gasteiger partial charge in [-0.25, -0.2) is 0 Å². The summed E-state index contributed by atoms with van der Waals surface area (Å²) in [5.74, 6) is -1.53. The molecule has 0 fully saturated rings. The summed E-state index contributed by atoms with van der Waals surface area (Å²) >= 11 is 6.45. The van der Waals surface area contributed by atoms with Crippen molar-refractivity contribution < 1.29 is 19.4 Å². The molecule has 0 bridgehead atoms. The van der Waals surface area contributed by atoms with Gasteiger partial charge >= 0.3 is 5.97 Å². The maximum Gasteiger partial charge on any atom is 0.304 e. The van der Waals surface area contributed by atoms with Crippen LogP contribution in [0.5, 0.6) is 5.75 Å². The normalized spacial score (nSPS) is 19.2. The Hall–Kier alpha value is -3.57. The minimum atomic E-state index is -1.01. The number of hydrogen-bond acceptors (Lipinski definition) is 3. The number of carbonyl (C=O) groups is 2. The zero-order valence-corrected chi connectivity index (χ0v) is 19.6. The van der Waals surface area contributed by atoms with Gasteiger partial charge in [-0.05, 0) is 41.8 Å². The van der Waals surface area contributed by atoms with Crippen molar-refractivity contribution in [1.29, 1.82) is 0 Å². The lowest BCUT2D eigenvalue weighted by Crippen LogP contribution is -2.41. The summed E-state index contributed by atoms with van der Waals surface area (Å²) in [5, 5.41) is 10.2. The van der Waals surface area contributed by atoms with E-state index in [0.717, 1.165) is 22.4 Å². The molecule has 4 rings (SSSR count). The Bertz CT molecular complexity index is 1210. The van der Waals surface area contributed by atoms with Crippen molar-refractivity contribution in [3.8, 4) is 16.9 Å². The highest BCUT2D eigenvalue weighted by atomic mass is 35.5. The number of halogens is 1. The summed E-state index contributed by atoms with van der Waals surface area (Å²) in [6.07, 6.45) is 4.24. The summed E-state index contributed by atoms with van der Waals surface area (Å²) in [7, 11) is 1.64. The summed E-state index contributed by atoms with van der Waals surface area (Å²) in [4.78, 5) is 27.1. The number of carboxylic acid groups (broad SMARTS) is 1. The molecule has 0 aliphatic carbocycles. The Kier molecular flexibility index (Phi) is 7.33. The average molecular weight is 476 g/mol. The molecular weight excluding hydrogens is 450 g/mol. The number of benzene rings is 3. The average Bonchev–Trinajstić information content (AvgIpc) is 2.85. The number of nitrogens with zero attached hydrogens (tertiary/aromatic N) is 1. The van der Waals surface area contributed by atoms with Gasteiger partial charge < -0.3 is 14.7 Å². The maximum atomic E-state index is 13.8. The zero-order chi connectivity index (χ0) is 24.1. The van der Waals surface area contributed by atoms with Crippen LogP contribution in [0, 0.1) is 5.92 Å². The standard InChI is InChI=1S/C28H26ClNO4/c1-34-26-12-5-3-8-21(26)19-13-15-20(16-14-19)30-17-7-6-9-22(23-10-2-4-11-25(23)29)24(28(30)33)18-27(31)32/h2-8,10-16,22,24H,9,17-18H2,1H3,(H,31,32)/b7-6-/t22-,24+/m1/s1. The van der Waals surface area contributed by atoms with Crippen molar-refractivity contribution in [2.75, 3.05) is 18.6 Å². The molecule has 1 amide bonds. The molecule has 0 radical (unpaired) electrons. The predicted octanol–water partition coefficient (Wildman–Crippen LogP) is 6.18. The summed E-state index contributed by atoms with van der Waals surface area (Å²) in [6.45, 7) is 0.373. The van der Waals surface area contributed by atoms with Gasteiger partial charge in [0.1, 0.15) is 5.75 Å². The number of aliphatic carboxylic acids is 1. The van der Waals surface area contributed by atoms with Crippen LogP contribution < -0.4 is 9.64 Å². The Morgan fingerprint density at radius 3 is 2.44 bits per heavy atom. The second-order valence-electron chi connectivity index (χ2n) is 8.24. The fraction of sp³-hybridized carbons (Fsp3) is 0.214. The molecule has 3 aromatic rings. The SMILES string of the molecule is COc1ccccc1-c1ccc(N2C/C=C\C[C@H](c3ccccc3Cl)[C@H](CC(=O)O)C2=O)cc1. The van der Waals surface area contributed by atoms with Crippen LogP contribution in [0.1, 0.15) is 24.3 Å². The van der Waals surface area contributed by atoms with Crippen LogP contribution in [0.4, 0.5) is 5.69 Å². The quantitative estimate of drug-likeness (QED) is 0.432. The van der Waals surface area contributed by atoms with Crippen LogP contribution in [0.25, 0.3) is 11.1 Å². The second-order valence-corrected chi connectivity index (χ2v) is 8.64. The maximum absolute atomic E-state index is 13.8. The van der Waals surface area contributed by atoms with Gasteiger partial charge in [0.25, 0.3) is 0 Å². The number of carboxylic acids is 1. The fourth-order valence-corrected chi connectivity index (χ4v) is 4.80. The van der Waals surface area contributed by atoms with Crippen LogP contribution in [-0.2, 0) is 9.59 Å². The number of carbonyl (C=O) groups excluding carboxylic acids is 1. The number of para-hydroxylation sites is 1. The van der Waals surface area contributed by atoms with Gasteiger partial charge in [-0.15, -0.1) is 0 Å². The van der Waals surface area contributed by atoms with Gasteiger partial charge in [0.15, 0.2) is 0 Å². The molecular formula is C28H26ClNO4. The minimum absolute atomic E-state index is 0.221. The number of methoxy groups -OCH3 is 1. The van der Waals surface area contributed by atoms with E-state index in [2.05, 4.69) is 0 Å². The molecule has 1 aliphatic heterocycles. The molecule has 1 heterocycles. The molecule has 1 aliphatic rings. The molecule has 174 valence electrons. The van der Waals surface area contributed by atoms with Crippen LogP contribution in [0.15, 0.2) is 84.9 Å². The lowest BCUT2D eigenvalue weighted by Gasteiger charge is -2.33. The lowest BCUT2D eigenvalue weighted by atomic mass is 9.79. The van der Waals surface area contributed by atoms with E-state index in [1.54, 1.807) is 18.1 Å². The van der Waals surface area contributed by atoms with E-state index in [1.165, 1.54) is 0 Å². The fourth-order valence-electron chi connectivity index (χ4n) is 4.52. The Morgan fingerprint density at radius 2 is 1.74 bits per heavy atom. The number of ether oxygens (including phenoxy) is 1. The molecule has 0 saturated carbocycles. The predicted molar refractivity (Wildman–Crippen MR) is 134 cm³/mol. The van der Waals surface area contributed by atoms with Gasteiger partial charge in [-0.3, -0.25) is 9.59 Å². The summed E-state index contributed by atoms with van der Waals surface area (Å²) < 4.78 is 5.47. The molecule has 2 atom stereocenters. The Balaban J connectivity index is 1.69. The Morgan fingerprint density at radius 1 is 1.03 bits per heavy atom. The molecule has 0 saturated heterocycles. The van der Waals surface area contributed by atoms with Gasteiger partial charge in [0, 0.05) is 28.7 Å². The third kappa shape index (κ3) is 5.00. The van der Waals surface area contributed by atoms with Gasteiger partial charge in [0.2, 0.25) is 5.91 Å². The first kappa shape index (κ1) is 23.6. The molecule has 6 heteroatoms. The van der Waals surface area contributed by atoms with Crippen molar-refractivity contribution in [2.45, 2.75) is 18.8 Å². The van der Waals surface area contributed by atoms with Crippen LogP contribution >= 0.6 is 11.6 Å². The van der Waals surface area contributed by atoms with Crippen molar-refractivity contribution in [1.82, 2.24) is 0 Å². The molecule has 0 spiro atoms. The first-order chi connectivity index (χ1) is 16.5. The highest BCUT2D eigenvalue weighted by Crippen LogP contribution is 2.38. The summed E-state index contributed by atoms with van der Waals surface area (Å²) in [6, 6.07) is 22.7. The first-order valence-corrected chi connectivity index (χ1v) is 11.5. The molecule has 34 heavy (non-hydrogen) atoms. The second kappa shape index (κ2) is 10.6. The summed E-state index contributed by atoms with van der Waals surface area (Å²) in [5.41, 5.74) is 3.43. The van der Waals surface area contributed by atoms with E-state index in [4.69, 9.17) is 16.3 Å². The zero-order valence-electron chi connectivity index (χ0n) is 18.9. The third-order valence-corrected chi connectivity index (χ3v) is 6.55. The minimum Gasteiger partial charge on any atom is -0.496 e. The number of anilines is 1. The smallest absolute Gasteiger partial charge is 0.304 e. The lowest BCUT2D eigenvalue weighted by molar-refractivity contribution is -0.141. The number of amides is 1. The highest BCUT2D eigenvalue weighted by Gasteiger charge is 2.36. The van der Waals surface area contributed by atoms with Crippen LogP contribution in [-0.4, -0.2) is 30.6 Å². The van der Waals surface area contributed by atoms with Crippen molar-refractivity contribution in [3.63, 3.8) is 0 Å². The first-order valence-electron chi connectivity index (χ1n) is 11.2. The van der Waals surface area contributed by atoms with E-state index >= 15 is 0 Å². The van der Waals surface area contributed by atoms with Crippen LogP contribution in [0.2, 0.25) is 5.02 Å². The highest BCUT2D eigenvalue weighted by molar-refractivity contribution is 6.31. The van der Waals surface area contributed by atoms with Crippen molar-refractivity contribution >= 4 is 29.2 Å². The number of allylic oxidation sites excluding steroid dienone is 1. The van der Waals surface area contributed by atoms with E-state index in [0.29, 0.717) is 23.7 Å². The van der Waals surface area contributed by atoms with Crippen molar-refractivity contribution in [2.24, 2.45) is 5.92 Å². The van der Waals surface area contributed by atoms with Gasteiger partial charge in [-0.2, -0.15) is 0 Å². The topological polar surface area (TPSA) is 66.8 Å². The third-order valence-electron chi connectivity index (χ3n) is 6.21. The van der Waals surface area contributed by atoms with Gasteiger partial charge in [0.05, 0.1) is 19.4 Å². The molecule has 0 aromatic heterocycles. The van der Waals surface area contributed by atoms with Crippen molar-refractivity contribution in [3.05, 3.63) is 95.5 Å². The molecule has 5 nitrogen and oxygen atoms in total. The largest absolute Gasteiger partial charge is 0.496 e.